The Bertz CT molecular complexity index is 148. The fraction of sp³-hybridized carbons (Fsp3) is 0.833. The molecule has 82 valence electrons. The molecule has 2 heteroatoms. The van der Waals surface area contributed by atoms with E-state index in [-0.39, 0.29) is 12.2 Å². The number of hydrogen-bond donors (Lipinski definition) is 2. The van der Waals surface area contributed by atoms with Crippen LogP contribution < -0.4 is 0 Å². The van der Waals surface area contributed by atoms with Gasteiger partial charge in [-0.3, -0.25) is 0 Å². The third-order valence-corrected chi connectivity index (χ3v) is 2.81. The first-order valence-electron chi connectivity index (χ1n) is 5.83. The molecule has 0 saturated carbocycles. The lowest BCUT2D eigenvalue weighted by Gasteiger charge is -2.10. The first-order valence-corrected chi connectivity index (χ1v) is 5.83. The molecule has 0 heterocycles. The summed E-state index contributed by atoms with van der Waals surface area (Å²) in [4.78, 5) is 0. The van der Waals surface area contributed by atoms with Gasteiger partial charge in [0.05, 0.1) is 12.2 Å². The highest BCUT2D eigenvalue weighted by Gasteiger charge is 2.04. The van der Waals surface area contributed by atoms with Gasteiger partial charge in [-0.1, -0.05) is 50.7 Å². The van der Waals surface area contributed by atoms with E-state index in [0.717, 1.165) is 25.7 Å². The molecule has 1 aliphatic carbocycles. The normalized spacial score (nSPS) is 31.9. The second-order valence-electron chi connectivity index (χ2n) is 4.22. The summed E-state index contributed by atoms with van der Waals surface area (Å²) >= 11 is 0. The highest BCUT2D eigenvalue weighted by Crippen LogP contribution is 2.13. The molecule has 0 bridgehead atoms. The Morgan fingerprint density at radius 2 is 1.00 bits per heavy atom. The van der Waals surface area contributed by atoms with Crippen molar-refractivity contribution in [3.63, 3.8) is 0 Å². The second kappa shape index (κ2) is 7.02. The maximum atomic E-state index is 9.51. The van der Waals surface area contributed by atoms with Gasteiger partial charge < -0.3 is 10.2 Å². The molecular formula is C12H22O2. The van der Waals surface area contributed by atoms with Crippen LogP contribution in [0.1, 0.15) is 51.4 Å². The van der Waals surface area contributed by atoms with E-state index in [0.29, 0.717) is 0 Å². The third-order valence-electron chi connectivity index (χ3n) is 2.81. The third kappa shape index (κ3) is 5.40. The molecule has 0 fully saturated rings. The minimum Gasteiger partial charge on any atom is -0.389 e. The van der Waals surface area contributed by atoms with E-state index >= 15 is 0 Å². The molecular weight excluding hydrogens is 176 g/mol. The van der Waals surface area contributed by atoms with Crippen molar-refractivity contribution in [2.75, 3.05) is 0 Å². The van der Waals surface area contributed by atoms with Crippen LogP contribution in [-0.4, -0.2) is 22.4 Å². The molecule has 14 heavy (non-hydrogen) atoms. The Morgan fingerprint density at radius 3 is 1.43 bits per heavy atom. The minimum atomic E-state index is -0.357. The SMILES string of the molecule is OC1C=CC(O)CCCCCCCC1. The summed E-state index contributed by atoms with van der Waals surface area (Å²) in [6.45, 7) is 0. The van der Waals surface area contributed by atoms with Crippen LogP contribution in [0.2, 0.25) is 0 Å². The molecule has 0 spiro atoms. The molecule has 0 saturated heterocycles. The van der Waals surface area contributed by atoms with Crippen molar-refractivity contribution in [2.24, 2.45) is 0 Å². The van der Waals surface area contributed by atoms with Gasteiger partial charge >= 0.3 is 0 Å². The van der Waals surface area contributed by atoms with Gasteiger partial charge in [-0.15, -0.1) is 0 Å². The fourth-order valence-electron chi connectivity index (χ4n) is 1.86. The van der Waals surface area contributed by atoms with Crippen molar-refractivity contribution in [2.45, 2.75) is 63.6 Å². The summed E-state index contributed by atoms with van der Waals surface area (Å²) < 4.78 is 0. The van der Waals surface area contributed by atoms with Gasteiger partial charge in [-0.2, -0.15) is 0 Å². The van der Waals surface area contributed by atoms with E-state index in [4.69, 9.17) is 0 Å². The van der Waals surface area contributed by atoms with Crippen molar-refractivity contribution in [1.82, 2.24) is 0 Å². The molecule has 0 amide bonds. The molecule has 0 aliphatic heterocycles. The van der Waals surface area contributed by atoms with E-state index < -0.39 is 0 Å². The predicted octanol–water partition coefficient (Wildman–Crippen LogP) is 2.40. The van der Waals surface area contributed by atoms with E-state index in [2.05, 4.69) is 0 Å². The van der Waals surface area contributed by atoms with Gasteiger partial charge in [0.2, 0.25) is 0 Å². The van der Waals surface area contributed by atoms with Crippen molar-refractivity contribution in [3.05, 3.63) is 12.2 Å². The summed E-state index contributed by atoms with van der Waals surface area (Å²) in [7, 11) is 0. The van der Waals surface area contributed by atoms with Crippen molar-refractivity contribution < 1.29 is 10.2 Å². The molecule has 2 nitrogen and oxygen atoms in total. The Labute approximate surface area is 86.6 Å². The first kappa shape index (κ1) is 11.7. The second-order valence-corrected chi connectivity index (χ2v) is 4.22. The van der Waals surface area contributed by atoms with Gasteiger partial charge in [-0.25, -0.2) is 0 Å². The quantitative estimate of drug-likeness (QED) is 0.587. The standard InChI is InChI=1S/C12H22O2/c13-11-7-5-3-1-2-4-6-8-12(14)10-9-11/h9-14H,1-8H2. The number of rotatable bonds is 0. The van der Waals surface area contributed by atoms with Crippen molar-refractivity contribution in [3.8, 4) is 0 Å². The smallest absolute Gasteiger partial charge is 0.0721 e. The monoisotopic (exact) mass is 198 g/mol. The topological polar surface area (TPSA) is 40.5 Å². The van der Waals surface area contributed by atoms with Crippen LogP contribution in [0.5, 0.6) is 0 Å². The Kier molecular flexibility index (Phi) is 5.88. The van der Waals surface area contributed by atoms with Crippen molar-refractivity contribution >= 4 is 0 Å². The summed E-state index contributed by atoms with van der Waals surface area (Å²) in [5, 5.41) is 19.0. The Hall–Kier alpha value is -0.340. The molecule has 1 rings (SSSR count). The zero-order valence-corrected chi connectivity index (χ0v) is 8.86. The predicted molar refractivity (Wildman–Crippen MR) is 58.1 cm³/mol. The molecule has 0 aromatic heterocycles. The first-order chi connectivity index (χ1) is 6.79. The number of aliphatic hydroxyl groups is 2. The Balaban J connectivity index is 2.34. The fourth-order valence-corrected chi connectivity index (χ4v) is 1.86. The van der Waals surface area contributed by atoms with E-state index in [1.54, 1.807) is 12.2 Å². The van der Waals surface area contributed by atoms with Crippen LogP contribution >= 0.6 is 0 Å². The lowest BCUT2D eigenvalue weighted by molar-refractivity contribution is 0.190. The zero-order valence-electron chi connectivity index (χ0n) is 8.86. The summed E-state index contributed by atoms with van der Waals surface area (Å²) in [5.74, 6) is 0. The van der Waals surface area contributed by atoms with Crippen LogP contribution in [0.25, 0.3) is 0 Å². The van der Waals surface area contributed by atoms with E-state index in [1.165, 1.54) is 25.7 Å². The Morgan fingerprint density at radius 1 is 0.643 bits per heavy atom. The van der Waals surface area contributed by atoms with Crippen LogP contribution in [0.3, 0.4) is 0 Å². The lowest BCUT2D eigenvalue weighted by atomic mass is 10.0. The summed E-state index contributed by atoms with van der Waals surface area (Å²) in [6, 6.07) is 0. The maximum Gasteiger partial charge on any atom is 0.0721 e. The largest absolute Gasteiger partial charge is 0.389 e. The van der Waals surface area contributed by atoms with Crippen LogP contribution in [0.4, 0.5) is 0 Å². The average Bonchev–Trinajstić information content (AvgIpc) is 2.17. The van der Waals surface area contributed by atoms with Gasteiger partial charge in [0, 0.05) is 0 Å². The minimum absolute atomic E-state index is 0.357. The van der Waals surface area contributed by atoms with Crippen LogP contribution in [-0.2, 0) is 0 Å². The molecule has 0 radical (unpaired) electrons. The molecule has 2 unspecified atom stereocenters. The van der Waals surface area contributed by atoms with Gasteiger partial charge in [0.15, 0.2) is 0 Å². The molecule has 0 aromatic carbocycles. The van der Waals surface area contributed by atoms with Crippen LogP contribution in [0, 0.1) is 0 Å². The zero-order chi connectivity index (χ0) is 10.2. The summed E-state index contributed by atoms with van der Waals surface area (Å²) in [6.07, 6.45) is 11.6. The van der Waals surface area contributed by atoms with E-state index in [1.807, 2.05) is 0 Å². The summed E-state index contributed by atoms with van der Waals surface area (Å²) in [5.41, 5.74) is 0. The highest BCUT2D eigenvalue weighted by molar-refractivity contribution is 4.93. The lowest BCUT2D eigenvalue weighted by Crippen LogP contribution is -2.07. The number of hydrogen-bond acceptors (Lipinski definition) is 2. The molecule has 2 atom stereocenters. The van der Waals surface area contributed by atoms with Gasteiger partial charge in [0.1, 0.15) is 0 Å². The molecule has 2 N–H and O–H groups in total. The highest BCUT2D eigenvalue weighted by atomic mass is 16.3. The maximum absolute atomic E-state index is 9.51. The van der Waals surface area contributed by atoms with Crippen LogP contribution in [0.15, 0.2) is 12.2 Å². The number of aliphatic hydroxyl groups excluding tert-OH is 2. The van der Waals surface area contributed by atoms with Gasteiger partial charge in [0.25, 0.3) is 0 Å². The average molecular weight is 198 g/mol. The van der Waals surface area contributed by atoms with E-state index in [9.17, 15) is 10.2 Å². The van der Waals surface area contributed by atoms with Crippen molar-refractivity contribution in [1.29, 1.82) is 0 Å². The van der Waals surface area contributed by atoms with Gasteiger partial charge in [-0.05, 0) is 12.8 Å². The molecule has 0 aromatic rings. The molecule has 1 aliphatic rings.